The number of anilines is 2. The number of carbonyl (C=O) groups is 1. The Labute approximate surface area is 133 Å². The van der Waals surface area contributed by atoms with Crippen LogP contribution in [0.5, 0.6) is 0 Å². The van der Waals surface area contributed by atoms with E-state index in [2.05, 4.69) is 11.9 Å². The number of nitrogens with one attached hydrogen (secondary N) is 1. The monoisotopic (exact) mass is 314 g/mol. The molecule has 1 atom stereocenters. The lowest BCUT2D eigenvalue weighted by Gasteiger charge is -2.36. The Morgan fingerprint density at radius 2 is 1.91 bits per heavy atom. The Kier molecular flexibility index (Phi) is 4.10. The van der Waals surface area contributed by atoms with Crippen LogP contribution < -0.4 is 10.2 Å². The Hall–Kier alpha value is -2.69. The van der Waals surface area contributed by atoms with E-state index in [1.54, 1.807) is 0 Å². The van der Waals surface area contributed by atoms with Gasteiger partial charge >= 0.3 is 0 Å². The molecule has 1 N–H and O–H groups in total. The van der Waals surface area contributed by atoms with Gasteiger partial charge in [-0.25, -0.2) is 8.78 Å². The van der Waals surface area contributed by atoms with Gasteiger partial charge in [0, 0.05) is 24.0 Å². The third-order valence-electron chi connectivity index (χ3n) is 3.84. The molecule has 0 bridgehead atoms. The number of carbonyl (C=O) groups excluding carboxylic acids is 1. The number of para-hydroxylation sites is 1. The van der Waals surface area contributed by atoms with Gasteiger partial charge in [-0.1, -0.05) is 24.8 Å². The summed E-state index contributed by atoms with van der Waals surface area (Å²) in [5.74, 6) is -1.52. The average Bonchev–Trinajstić information content (AvgIpc) is 2.53. The van der Waals surface area contributed by atoms with Crippen molar-refractivity contribution in [2.75, 3.05) is 11.4 Å². The molecule has 0 fully saturated rings. The normalized spacial score (nSPS) is 16.6. The first-order valence-electron chi connectivity index (χ1n) is 7.31. The predicted molar refractivity (Wildman–Crippen MR) is 85.6 cm³/mol. The lowest BCUT2D eigenvalue weighted by atomic mass is 9.97. The van der Waals surface area contributed by atoms with Gasteiger partial charge in [0.05, 0.1) is 6.04 Å². The fourth-order valence-corrected chi connectivity index (χ4v) is 2.89. The topological polar surface area (TPSA) is 32.3 Å². The molecule has 1 aliphatic heterocycles. The lowest BCUT2D eigenvalue weighted by molar-refractivity contribution is -0.117. The molecule has 1 heterocycles. The molecule has 0 saturated carbocycles. The second-order valence-corrected chi connectivity index (χ2v) is 5.48. The van der Waals surface area contributed by atoms with Gasteiger partial charge in [-0.2, -0.15) is 0 Å². The molecule has 2 aromatic rings. The number of halogens is 2. The summed E-state index contributed by atoms with van der Waals surface area (Å²) >= 11 is 0. The second kappa shape index (κ2) is 6.20. The van der Waals surface area contributed by atoms with Crippen LogP contribution in [0.4, 0.5) is 20.2 Å². The standard InChI is InChI=1S/C18H16F2N2O/c1-2-18(23)21-15-7-12-5-3-4-6-17(12)22(11-15)16-9-13(19)8-14(20)10-16/h2-6,8-10,15H,1,7,11H2,(H,21,23). The van der Waals surface area contributed by atoms with E-state index in [4.69, 9.17) is 0 Å². The van der Waals surface area contributed by atoms with Crippen LogP contribution in [0.25, 0.3) is 0 Å². The summed E-state index contributed by atoms with van der Waals surface area (Å²) in [5, 5.41) is 2.85. The lowest BCUT2D eigenvalue weighted by Crippen LogP contribution is -2.46. The summed E-state index contributed by atoms with van der Waals surface area (Å²) in [6, 6.07) is 10.9. The van der Waals surface area contributed by atoms with Gasteiger partial charge in [0.2, 0.25) is 5.91 Å². The van der Waals surface area contributed by atoms with E-state index in [9.17, 15) is 13.6 Å². The molecule has 0 saturated heterocycles. The third kappa shape index (κ3) is 3.23. The molecule has 0 aliphatic carbocycles. The number of nitrogens with zero attached hydrogens (tertiary/aromatic N) is 1. The fourth-order valence-electron chi connectivity index (χ4n) is 2.89. The molecular formula is C18H16F2N2O. The van der Waals surface area contributed by atoms with Crippen LogP contribution in [0.3, 0.4) is 0 Å². The van der Waals surface area contributed by atoms with Crippen LogP contribution in [0.15, 0.2) is 55.1 Å². The van der Waals surface area contributed by atoms with E-state index in [1.807, 2.05) is 29.2 Å². The molecular weight excluding hydrogens is 298 g/mol. The van der Waals surface area contributed by atoms with Crippen LogP contribution in [-0.4, -0.2) is 18.5 Å². The molecule has 5 heteroatoms. The molecule has 1 aliphatic rings. The maximum Gasteiger partial charge on any atom is 0.243 e. The van der Waals surface area contributed by atoms with Crippen molar-refractivity contribution in [2.45, 2.75) is 12.5 Å². The highest BCUT2D eigenvalue weighted by molar-refractivity contribution is 5.87. The minimum absolute atomic E-state index is 0.165. The zero-order valence-electron chi connectivity index (χ0n) is 12.4. The van der Waals surface area contributed by atoms with E-state index < -0.39 is 11.6 Å². The summed E-state index contributed by atoms with van der Waals surface area (Å²) in [4.78, 5) is 13.4. The predicted octanol–water partition coefficient (Wildman–Crippen LogP) is 3.33. The largest absolute Gasteiger partial charge is 0.348 e. The first-order valence-corrected chi connectivity index (χ1v) is 7.31. The summed E-state index contributed by atoms with van der Waals surface area (Å²) in [6.07, 6.45) is 1.87. The number of fused-ring (bicyclic) bond motifs is 1. The summed E-state index contributed by atoms with van der Waals surface area (Å²) in [5.41, 5.74) is 2.33. The first kappa shape index (κ1) is 15.2. The number of hydrogen-bond donors (Lipinski definition) is 1. The molecule has 1 unspecified atom stereocenters. The van der Waals surface area contributed by atoms with Gasteiger partial charge in [-0.05, 0) is 36.3 Å². The van der Waals surface area contributed by atoms with Gasteiger partial charge < -0.3 is 10.2 Å². The third-order valence-corrected chi connectivity index (χ3v) is 3.84. The molecule has 3 nitrogen and oxygen atoms in total. The SMILES string of the molecule is C=CC(=O)NC1Cc2ccccc2N(c2cc(F)cc(F)c2)C1. The highest BCUT2D eigenvalue weighted by Crippen LogP contribution is 2.34. The first-order chi connectivity index (χ1) is 11.1. The maximum atomic E-state index is 13.6. The van der Waals surface area contributed by atoms with Gasteiger partial charge in [0.15, 0.2) is 0 Å². The quantitative estimate of drug-likeness (QED) is 0.881. The molecule has 118 valence electrons. The van der Waals surface area contributed by atoms with Gasteiger partial charge in [0.25, 0.3) is 0 Å². The van der Waals surface area contributed by atoms with E-state index in [1.165, 1.54) is 18.2 Å². The van der Waals surface area contributed by atoms with E-state index >= 15 is 0 Å². The van der Waals surface area contributed by atoms with E-state index in [0.29, 0.717) is 18.7 Å². The van der Waals surface area contributed by atoms with Crippen LogP contribution in [0, 0.1) is 11.6 Å². The van der Waals surface area contributed by atoms with E-state index in [-0.39, 0.29) is 11.9 Å². The zero-order chi connectivity index (χ0) is 16.4. The second-order valence-electron chi connectivity index (χ2n) is 5.48. The Bertz CT molecular complexity index is 740. The Morgan fingerprint density at radius 3 is 2.61 bits per heavy atom. The van der Waals surface area contributed by atoms with Crippen molar-refractivity contribution in [3.63, 3.8) is 0 Å². The van der Waals surface area contributed by atoms with Crippen LogP contribution in [-0.2, 0) is 11.2 Å². The summed E-state index contributed by atoms with van der Waals surface area (Å²) in [7, 11) is 0. The molecule has 2 aromatic carbocycles. The Morgan fingerprint density at radius 1 is 1.22 bits per heavy atom. The smallest absolute Gasteiger partial charge is 0.243 e. The number of amides is 1. The molecule has 23 heavy (non-hydrogen) atoms. The highest BCUT2D eigenvalue weighted by atomic mass is 19.1. The van der Waals surface area contributed by atoms with Crippen molar-refractivity contribution in [1.29, 1.82) is 0 Å². The Balaban J connectivity index is 2.00. The fraction of sp³-hybridized carbons (Fsp3) is 0.167. The van der Waals surface area contributed by atoms with Gasteiger partial charge in [-0.15, -0.1) is 0 Å². The van der Waals surface area contributed by atoms with Crippen molar-refractivity contribution in [2.24, 2.45) is 0 Å². The number of rotatable bonds is 3. The average molecular weight is 314 g/mol. The van der Waals surface area contributed by atoms with E-state index in [0.717, 1.165) is 17.3 Å². The van der Waals surface area contributed by atoms with Crippen molar-refractivity contribution in [3.05, 3.63) is 72.3 Å². The van der Waals surface area contributed by atoms with Crippen LogP contribution >= 0.6 is 0 Å². The van der Waals surface area contributed by atoms with Crippen LogP contribution in [0.1, 0.15) is 5.56 Å². The molecule has 3 rings (SSSR count). The maximum absolute atomic E-state index is 13.6. The molecule has 1 amide bonds. The minimum Gasteiger partial charge on any atom is -0.348 e. The van der Waals surface area contributed by atoms with Gasteiger partial charge in [-0.3, -0.25) is 4.79 Å². The number of benzene rings is 2. The number of hydrogen-bond acceptors (Lipinski definition) is 2. The highest BCUT2D eigenvalue weighted by Gasteiger charge is 2.26. The van der Waals surface area contributed by atoms with Crippen molar-refractivity contribution in [3.8, 4) is 0 Å². The summed E-state index contributed by atoms with van der Waals surface area (Å²) < 4.78 is 27.1. The van der Waals surface area contributed by atoms with Crippen molar-refractivity contribution in [1.82, 2.24) is 5.32 Å². The molecule has 0 radical (unpaired) electrons. The molecule has 0 spiro atoms. The molecule has 0 aromatic heterocycles. The minimum atomic E-state index is -0.630. The van der Waals surface area contributed by atoms with Crippen molar-refractivity contribution < 1.29 is 13.6 Å². The van der Waals surface area contributed by atoms with Gasteiger partial charge in [0.1, 0.15) is 11.6 Å². The van der Waals surface area contributed by atoms with Crippen LogP contribution in [0.2, 0.25) is 0 Å². The van der Waals surface area contributed by atoms with Crippen molar-refractivity contribution >= 4 is 17.3 Å². The summed E-state index contributed by atoms with van der Waals surface area (Å²) in [6.45, 7) is 3.88. The zero-order valence-corrected chi connectivity index (χ0v) is 12.4.